The summed E-state index contributed by atoms with van der Waals surface area (Å²) in [7, 11) is 0. The van der Waals surface area contributed by atoms with Crippen molar-refractivity contribution in [1.29, 1.82) is 0 Å². The summed E-state index contributed by atoms with van der Waals surface area (Å²) in [6.07, 6.45) is -11.8. The van der Waals surface area contributed by atoms with Crippen molar-refractivity contribution in [3.63, 3.8) is 0 Å². The molecule has 23 nitrogen and oxygen atoms in total. The molecule has 11 atom stereocenters. The summed E-state index contributed by atoms with van der Waals surface area (Å²) in [6, 6.07) is -0.927. The highest BCUT2D eigenvalue weighted by Gasteiger charge is 2.47. The van der Waals surface area contributed by atoms with E-state index >= 15 is 0 Å². The van der Waals surface area contributed by atoms with Crippen LogP contribution in [0.4, 0.5) is 0 Å². The van der Waals surface area contributed by atoms with Crippen molar-refractivity contribution in [3.8, 4) is 0 Å². The molecule has 0 aliphatic carbocycles. The molecule has 13 N–H and O–H groups in total. The third-order valence-corrected chi connectivity index (χ3v) is 8.49. The quantitative estimate of drug-likeness (QED) is 0.0240. The van der Waals surface area contributed by atoms with Crippen LogP contribution in [0.5, 0.6) is 0 Å². The number of nitrogens with zero attached hydrogens (tertiary/aromatic N) is 3. The van der Waals surface area contributed by atoms with Gasteiger partial charge in [-0.15, -0.1) is 5.10 Å². The van der Waals surface area contributed by atoms with Gasteiger partial charge in [-0.25, -0.2) is 10.5 Å². The largest absolute Gasteiger partial charge is 0.394 e. The second kappa shape index (κ2) is 22.0. The second-order valence-corrected chi connectivity index (χ2v) is 12.6. The zero-order valence-corrected chi connectivity index (χ0v) is 29.2. The molecule has 23 heteroatoms. The summed E-state index contributed by atoms with van der Waals surface area (Å²) in [5.74, 6) is 3.49. The molecule has 3 rings (SSSR count). The third kappa shape index (κ3) is 13.7. The van der Waals surface area contributed by atoms with E-state index in [4.69, 9.17) is 24.8 Å². The van der Waals surface area contributed by atoms with Crippen LogP contribution >= 0.6 is 0 Å². The summed E-state index contributed by atoms with van der Waals surface area (Å²) < 4.78 is 23.2. The van der Waals surface area contributed by atoms with Crippen LogP contribution in [0.1, 0.15) is 51.1 Å². The van der Waals surface area contributed by atoms with Gasteiger partial charge in [-0.05, 0) is 19.3 Å². The average Bonchev–Trinajstić information content (AvgIpc) is 3.60. The summed E-state index contributed by atoms with van der Waals surface area (Å²) in [6.45, 7) is 0.388. The maximum absolute atomic E-state index is 12.6. The molecule has 2 aliphatic heterocycles. The van der Waals surface area contributed by atoms with Crippen molar-refractivity contribution >= 4 is 23.6 Å². The van der Waals surface area contributed by atoms with E-state index in [-0.39, 0.29) is 44.9 Å². The molecule has 3 heterocycles. The van der Waals surface area contributed by atoms with E-state index in [0.29, 0.717) is 31.5 Å². The molecule has 1 aromatic rings. The molecular formula is C30H52N8O15. The summed E-state index contributed by atoms with van der Waals surface area (Å²) >= 11 is 0. The highest BCUT2D eigenvalue weighted by Crippen LogP contribution is 2.26. The first-order valence-electron chi connectivity index (χ1n) is 17.2. The van der Waals surface area contributed by atoms with E-state index in [2.05, 4.69) is 26.3 Å². The molecule has 4 amide bonds. The number of carbonyl (C=O) groups is 4. The van der Waals surface area contributed by atoms with Crippen LogP contribution in [0.2, 0.25) is 0 Å². The standard InChI is InChI=1S/C30H52N8O15/c1-15(40)34-17(28(49)32-8-4-2-3-5-21(42)35-31)6-7-20(41)33-11-16-12-38(37-36-16)9-10-50-29-26(47)25(46)23(44)19(53-29)14-51-30-27(48)24(45)22(43)18(13-39)52-30/h12,17-19,22-27,29-30,39,43-48H,2-11,13-14,31H2,1H3,(H,32,49)(H,33,41)(H,34,40)(H,35,42)/t17?,18-,19-,22-,23-,24+,25+,26+,27+,29+,30+/m1/s1. The molecule has 1 aromatic heterocycles. The van der Waals surface area contributed by atoms with Gasteiger partial charge in [-0.2, -0.15) is 0 Å². The van der Waals surface area contributed by atoms with Crippen LogP contribution in [0.3, 0.4) is 0 Å². The SMILES string of the molecule is CC(=O)NC(CCC(=O)NCc1cn(CCO[C@H]2O[C@H](CO[C@H]3O[C@H](CO)[C@@H](O)[C@H](O)[C@@H]3O)[C@@H](O)[C@H](O)[C@@H]2O)nn1)C(=O)NCCCCCC(=O)NN. The number of unbranched alkanes of at least 4 members (excludes halogenated alkanes) is 2. The molecule has 0 aromatic carbocycles. The molecule has 0 radical (unpaired) electrons. The van der Waals surface area contributed by atoms with Crippen molar-refractivity contribution in [2.24, 2.45) is 5.84 Å². The third-order valence-electron chi connectivity index (χ3n) is 8.49. The van der Waals surface area contributed by atoms with E-state index in [9.17, 15) is 54.9 Å². The van der Waals surface area contributed by atoms with Gasteiger partial charge in [-0.1, -0.05) is 11.6 Å². The molecule has 2 saturated heterocycles. The van der Waals surface area contributed by atoms with Gasteiger partial charge in [0, 0.05) is 26.3 Å². The van der Waals surface area contributed by atoms with Crippen LogP contribution in [0.15, 0.2) is 6.20 Å². The minimum Gasteiger partial charge on any atom is -0.394 e. The number of carbonyl (C=O) groups excluding carboxylic acids is 4. The predicted molar refractivity (Wildman–Crippen MR) is 175 cm³/mol. The van der Waals surface area contributed by atoms with E-state index in [0.717, 1.165) is 0 Å². The Morgan fingerprint density at radius 2 is 1.53 bits per heavy atom. The summed E-state index contributed by atoms with van der Waals surface area (Å²) in [4.78, 5) is 47.9. The molecule has 2 fully saturated rings. The molecule has 1 unspecified atom stereocenters. The van der Waals surface area contributed by atoms with Crippen molar-refractivity contribution in [1.82, 2.24) is 36.4 Å². The van der Waals surface area contributed by atoms with Crippen molar-refractivity contribution < 1.29 is 73.9 Å². The topological polar surface area (TPSA) is 352 Å². The normalized spacial score (nSPS) is 29.2. The first-order valence-corrected chi connectivity index (χ1v) is 17.2. The Morgan fingerprint density at radius 1 is 0.868 bits per heavy atom. The number of amides is 4. The van der Waals surface area contributed by atoms with Crippen LogP contribution in [0, 0.1) is 0 Å². The smallest absolute Gasteiger partial charge is 0.242 e. The number of aromatic nitrogens is 3. The molecule has 302 valence electrons. The Bertz CT molecular complexity index is 1310. The lowest BCUT2D eigenvalue weighted by atomic mass is 9.98. The van der Waals surface area contributed by atoms with Gasteiger partial charge in [0.2, 0.25) is 23.6 Å². The number of hydrogen-bond donors (Lipinski definition) is 12. The van der Waals surface area contributed by atoms with E-state index in [1.54, 1.807) is 0 Å². The Hall–Kier alpha value is -3.46. The first-order chi connectivity index (χ1) is 25.2. The van der Waals surface area contributed by atoms with Crippen LogP contribution < -0.4 is 27.2 Å². The fraction of sp³-hybridized carbons (Fsp3) is 0.800. The minimum absolute atomic E-state index is 0.00350. The second-order valence-electron chi connectivity index (χ2n) is 12.6. The van der Waals surface area contributed by atoms with Gasteiger partial charge in [0.1, 0.15) is 60.6 Å². The molecular weight excluding hydrogens is 712 g/mol. The maximum atomic E-state index is 12.6. The number of rotatable bonds is 21. The molecule has 53 heavy (non-hydrogen) atoms. The Balaban J connectivity index is 1.39. The summed E-state index contributed by atoms with van der Waals surface area (Å²) in [5.41, 5.74) is 2.43. The van der Waals surface area contributed by atoms with Gasteiger partial charge < -0.3 is 70.6 Å². The number of nitrogens with two attached hydrogens (primary N) is 1. The molecule has 0 saturated carbocycles. The highest BCUT2D eigenvalue weighted by atomic mass is 16.7. The van der Waals surface area contributed by atoms with E-state index in [1.807, 2.05) is 5.43 Å². The highest BCUT2D eigenvalue weighted by molar-refractivity contribution is 5.87. The number of hydrogen-bond acceptors (Lipinski definition) is 18. The zero-order valence-electron chi connectivity index (χ0n) is 29.2. The van der Waals surface area contributed by atoms with Gasteiger partial charge in [0.15, 0.2) is 12.6 Å². The Labute approximate surface area is 304 Å². The number of hydrazine groups is 1. The maximum Gasteiger partial charge on any atom is 0.242 e. The number of nitrogens with one attached hydrogen (secondary N) is 4. The summed E-state index contributed by atoms with van der Waals surface area (Å²) in [5, 5.41) is 86.4. The van der Waals surface area contributed by atoms with Gasteiger partial charge >= 0.3 is 0 Å². The Kier molecular flexibility index (Phi) is 18.3. The zero-order chi connectivity index (χ0) is 39.1. The van der Waals surface area contributed by atoms with Crippen molar-refractivity contribution in [2.75, 3.05) is 26.4 Å². The fourth-order valence-corrected chi connectivity index (χ4v) is 5.44. The monoisotopic (exact) mass is 764 g/mol. The molecule has 2 aliphatic rings. The lowest BCUT2D eigenvalue weighted by molar-refractivity contribution is -0.331. The number of aliphatic hydroxyl groups excluding tert-OH is 7. The predicted octanol–water partition coefficient (Wildman–Crippen LogP) is -6.51. The minimum atomic E-state index is -1.71. The van der Waals surface area contributed by atoms with Crippen LogP contribution in [0.25, 0.3) is 0 Å². The van der Waals surface area contributed by atoms with Gasteiger partial charge in [0.05, 0.1) is 39.1 Å². The Morgan fingerprint density at radius 3 is 2.19 bits per heavy atom. The fourth-order valence-electron chi connectivity index (χ4n) is 5.44. The number of ether oxygens (including phenoxy) is 4. The van der Waals surface area contributed by atoms with Crippen LogP contribution in [-0.4, -0.2) is 168 Å². The lowest BCUT2D eigenvalue weighted by Gasteiger charge is -2.42. The van der Waals surface area contributed by atoms with Crippen LogP contribution in [-0.2, 0) is 51.2 Å². The van der Waals surface area contributed by atoms with Crippen molar-refractivity contribution in [3.05, 3.63) is 11.9 Å². The molecule has 0 spiro atoms. The average molecular weight is 765 g/mol. The van der Waals surface area contributed by atoms with Gasteiger partial charge in [0.25, 0.3) is 0 Å². The van der Waals surface area contributed by atoms with Crippen molar-refractivity contribution in [2.45, 2.75) is 126 Å². The number of aliphatic hydroxyl groups is 7. The first kappa shape index (κ1) is 43.9. The van der Waals surface area contributed by atoms with E-state index < -0.39 is 98.4 Å². The van der Waals surface area contributed by atoms with E-state index in [1.165, 1.54) is 17.8 Å². The van der Waals surface area contributed by atoms with Gasteiger partial charge in [-0.3, -0.25) is 24.6 Å². The molecule has 0 bridgehead atoms. The lowest BCUT2D eigenvalue weighted by Crippen LogP contribution is -2.61.